The first kappa shape index (κ1) is 12.3. The van der Waals surface area contributed by atoms with Crippen molar-refractivity contribution in [1.29, 1.82) is 0 Å². The molecule has 0 bridgehead atoms. The van der Waals surface area contributed by atoms with Crippen LogP contribution in [0.3, 0.4) is 0 Å². The molecule has 0 aliphatic heterocycles. The molecule has 0 radical (unpaired) electrons. The Labute approximate surface area is 110 Å². The molecule has 1 aromatic carbocycles. The van der Waals surface area contributed by atoms with Gasteiger partial charge in [-0.3, -0.25) is 0 Å². The summed E-state index contributed by atoms with van der Waals surface area (Å²) in [5, 5.41) is 0. The largest absolute Gasteiger partial charge is 0.497 e. The lowest BCUT2D eigenvalue weighted by Gasteiger charge is -2.06. The predicted octanol–water partition coefficient (Wildman–Crippen LogP) is 2.52. The van der Waals surface area contributed by atoms with E-state index in [1.54, 1.807) is 37.4 Å². The van der Waals surface area contributed by atoms with Crippen molar-refractivity contribution in [2.24, 2.45) is 5.73 Å². The van der Waals surface area contributed by atoms with Gasteiger partial charge in [-0.05, 0) is 30.3 Å². The lowest BCUT2D eigenvalue weighted by molar-refractivity contribution is 0.412. The van der Waals surface area contributed by atoms with E-state index in [1.165, 1.54) is 0 Å². The van der Waals surface area contributed by atoms with Crippen LogP contribution < -0.4 is 15.2 Å². The zero-order chi connectivity index (χ0) is 13.0. The van der Waals surface area contributed by atoms with Crippen LogP contribution in [0.4, 0.5) is 0 Å². The normalized spacial score (nSPS) is 9.83. The molecule has 0 fully saturated rings. The Bertz CT molecular complexity index is 555. The third-order valence-corrected chi connectivity index (χ3v) is 2.47. The van der Waals surface area contributed by atoms with Gasteiger partial charge in [0.25, 0.3) is 0 Å². The van der Waals surface area contributed by atoms with Gasteiger partial charge in [0, 0.05) is 6.07 Å². The Morgan fingerprint density at radius 3 is 2.39 bits per heavy atom. The van der Waals surface area contributed by atoms with Crippen molar-refractivity contribution in [3.63, 3.8) is 0 Å². The first-order chi connectivity index (χ1) is 8.69. The monoisotopic (exact) mass is 260 g/mol. The van der Waals surface area contributed by atoms with Gasteiger partial charge in [-0.25, -0.2) is 4.98 Å². The van der Waals surface area contributed by atoms with Crippen molar-refractivity contribution in [1.82, 2.24) is 4.98 Å². The summed E-state index contributed by atoms with van der Waals surface area (Å²) in [6.07, 6.45) is 0. The fourth-order valence-corrected chi connectivity index (χ4v) is 1.49. The number of ether oxygens (including phenoxy) is 2. The van der Waals surface area contributed by atoms with E-state index in [4.69, 9.17) is 27.4 Å². The molecule has 0 aliphatic carbocycles. The lowest BCUT2D eigenvalue weighted by atomic mass is 10.3. The van der Waals surface area contributed by atoms with E-state index in [2.05, 4.69) is 4.98 Å². The maximum Gasteiger partial charge on any atom is 0.219 e. The molecule has 1 aromatic heterocycles. The van der Waals surface area contributed by atoms with Gasteiger partial charge in [0.05, 0.1) is 7.11 Å². The van der Waals surface area contributed by atoms with Crippen LogP contribution in [0.2, 0.25) is 0 Å². The molecular weight excluding hydrogens is 248 g/mol. The smallest absolute Gasteiger partial charge is 0.219 e. The third kappa shape index (κ3) is 2.95. The Kier molecular flexibility index (Phi) is 3.74. The molecule has 92 valence electrons. The van der Waals surface area contributed by atoms with E-state index >= 15 is 0 Å². The van der Waals surface area contributed by atoms with Crippen molar-refractivity contribution >= 4 is 17.2 Å². The highest BCUT2D eigenvalue weighted by molar-refractivity contribution is 7.80. The van der Waals surface area contributed by atoms with Gasteiger partial charge in [-0.15, -0.1) is 0 Å². The second-order valence-electron chi connectivity index (χ2n) is 3.50. The Hall–Kier alpha value is -2.14. The van der Waals surface area contributed by atoms with Crippen LogP contribution >= 0.6 is 12.2 Å². The number of nitrogens with zero attached hydrogens (tertiary/aromatic N) is 1. The Morgan fingerprint density at radius 2 is 1.78 bits per heavy atom. The fourth-order valence-electron chi connectivity index (χ4n) is 1.37. The molecule has 0 amide bonds. The summed E-state index contributed by atoms with van der Waals surface area (Å²) in [7, 11) is 1.61. The van der Waals surface area contributed by atoms with Crippen molar-refractivity contribution in [2.75, 3.05) is 7.11 Å². The average Bonchev–Trinajstić information content (AvgIpc) is 2.40. The van der Waals surface area contributed by atoms with Crippen LogP contribution in [0.15, 0.2) is 42.5 Å². The molecule has 2 rings (SSSR count). The fraction of sp³-hybridized carbons (Fsp3) is 0.0769. The van der Waals surface area contributed by atoms with Crippen molar-refractivity contribution < 1.29 is 9.47 Å². The number of hydrogen-bond acceptors (Lipinski definition) is 4. The summed E-state index contributed by atoms with van der Waals surface area (Å²) >= 11 is 4.86. The summed E-state index contributed by atoms with van der Waals surface area (Å²) in [6, 6.07) is 12.5. The van der Waals surface area contributed by atoms with Crippen LogP contribution in [0.5, 0.6) is 17.4 Å². The quantitative estimate of drug-likeness (QED) is 0.856. The molecule has 0 saturated heterocycles. The summed E-state index contributed by atoms with van der Waals surface area (Å²) in [5.74, 6) is 1.89. The molecule has 5 heteroatoms. The number of benzene rings is 1. The van der Waals surface area contributed by atoms with Gasteiger partial charge in [-0.2, -0.15) is 0 Å². The van der Waals surface area contributed by atoms with Crippen LogP contribution in [-0.4, -0.2) is 17.1 Å². The molecule has 4 nitrogen and oxygen atoms in total. The van der Waals surface area contributed by atoms with E-state index in [-0.39, 0.29) is 4.99 Å². The summed E-state index contributed by atoms with van der Waals surface area (Å²) in [5.41, 5.74) is 6.05. The second kappa shape index (κ2) is 5.46. The molecule has 1 heterocycles. The Morgan fingerprint density at radius 1 is 1.11 bits per heavy atom. The zero-order valence-corrected chi connectivity index (χ0v) is 10.6. The molecule has 2 aromatic rings. The highest BCUT2D eigenvalue weighted by Crippen LogP contribution is 2.22. The molecule has 18 heavy (non-hydrogen) atoms. The maximum atomic E-state index is 5.59. The standard InChI is InChI=1S/C13H12N2O2S/c1-16-9-5-7-10(8-6-9)17-12-4-2-3-11(15-12)13(14)18/h2-8H,1H3,(H2,14,18). The number of nitrogens with two attached hydrogens (primary N) is 1. The van der Waals surface area contributed by atoms with E-state index in [0.29, 0.717) is 17.3 Å². The molecule has 0 atom stereocenters. The number of thiocarbonyl (C=S) groups is 1. The number of methoxy groups -OCH3 is 1. The predicted molar refractivity (Wildman–Crippen MR) is 73.2 cm³/mol. The van der Waals surface area contributed by atoms with Crippen molar-refractivity contribution in [2.45, 2.75) is 0 Å². The molecule has 0 aliphatic rings. The summed E-state index contributed by atoms with van der Waals surface area (Å²) < 4.78 is 10.7. The summed E-state index contributed by atoms with van der Waals surface area (Å²) in [4.78, 5) is 4.44. The Balaban J connectivity index is 2.17. The van der Waals surface area contributed by atoms with Gasteiger partial charge < -0.3 is 15.2 Å². The molecular formula is C13H12N2O2S. The second-order valence-corrected chi connectivity index (χ2v) is 3.94. The van der Waals surface area contributed by atoms with Gasteiger partial charge in [0.15, 0.2) is 0 Å². The zero-order valence-electron chi connectivity index (χ0n) is 9.79. The number of hydrogen-bond donors (Lipinski definition) is 1. The minimum absolute atomic E-state index is 0.246. The third-order valence-electron chi connectivity index (χ3n) is 2.26. The minimum Gasteiger partial charge on any atom is -0.497 e. The van der Waals surface area contributed by atoms with Crippen molar-refractivity contribution in [3.05, 3.63) is 48.2 Å². The number of pyridine rings is 1. The molecule has 0 spiro atoms. The molecule has 0 saturated carbocycles. The van der Waals surface area contributed by atoms with Gasteiger partial charge >= 0.3 is 0 Å². The van der Waals surface area contributed by atoms with Crippen LogP contribution in [-0.2, 0) is 0 Å². The average molecular weight is 260 g/mol. The highest BCUT2D eigenvalue weighted by atomic mass is 32.1. The SMILES string of the molecule is COc1ccc(Oc2cccc(C(N)=S)n2)cc1. The molecule has 2 N–H and O–H groups in total. The first-order valence-electron chi connectivity index (χ1n) is 5.28. The molecule has 0 unspecified atom stereocenters. The van der Waals surface area contributed by atoms with Crippen LogP contribution in [0.25, 0.3) is 0 Å². The first-order valence-corrected chi connectivity index (χ1v) is 5.68. The van der Waals surface area contributed by atoms with E-state index in [0.717, 1.165) is 5.75 Å². The van der Waals surface area contributed by atoms with Crippen LogP contribution in [0, 0.1) is 0 Å². The van der Waals surface area contributed by atoms with E-state index in [9.17, 15) is 0 Å². The lowest BCUT2D eigenvalue weighted by Crippen LogP contribution is -2.11. The topological polar surface area (TPSA) is 57.4 Å². The maximum absolute atomic E-state index is 5.59. The number of rotatable bonds is 4. The van der Waals surface area contributed by atoms with Gasteiger partial charge in [0.1, 0.15) is 22.2 Å². The van der Waals surface area contributed by atoms with Gasteiger partial charge in [0.2, 0.25) is 5.88 Å². The minimum atomic E-state index is 0.246. The van der Waals surface area contributed by atoms with Crippen molar-refractivity contribution in [3.8, 4) is 17.4 Å². The van der Waals surface area contributed by atoms with E-state index in [1.807, 2.05) is 12.1 Å². The highest BCUT2D eigenvalue weighted by Gasteiger charge is 2.02. The van der Waals surface area contributed by atoms with Gasteiger partial charge in [-0.1, -0.05) is 18.3 Å². The van der Waals surface area contributed by atoms with E-state index < -0.39 is 0 Å². The number of aromatic nitrogens is 1. The summed E-state index contributed by atoms with van der Waals surface area (Å²) in [6.45, 7) is 0. The van der Waals surface area contributed by atoms with Crippen LogP contribution in [0.1, 0.15) is 5.69 Å².